The molecule has 0 spiro atoms. The van der Waals surface area contributed by atoms with Crippen molar-refractivity contribution in [1.82, 2.24) is 24.8 Å². The van der Waals surface area contributed by atoms with E-state index in [0.29, 0.717) is 51.3 Å². The number of amides is 1. The Morgan fingerprint density at radius 1 is 1.07 bits per heavy atom. The van der Waals surface area contributed by atoms with Gasteiger partial charge in [-0.25, -0.2) is 4.98 Å². The lowest BCUT2D eigenvalue weighted by molar-refractivity contribution is 0.0735. The topological polar surface area (TPSA) is 80.1 Å². The van der Waals surface area contributed by atoms with Gasteiger partial charge in [0, 0.05) is 37.8 Å². The molecule has 1 amide bonds. The van der Waals surface area contributed by atoms with Gasteiger partial charge < -0.3 is 10.2 Å². The SMILES string of the molecule is CCc1cccc(CC)c1-n1c(C=C(C)C)c(C(=O)N2CCNCC2)cc(-c2nc(-c3ccc(Cl)cn3)cs2)c1=O. The molecule has 5 rings (SSSR count). The fourth-order valence-electron chi connectivity index (χ4n) is 5.18. The summed E-state index contributed by atoms with van der Waals surface area (Å²) in [6.07, 6.45) is 5.03. The molecule has 0 saturated carbocycles. The Morgan fingerprint density at radius 3 is 2.39 bits per heavy atom. The van der Waals surface area contributed by atoms with E-state index in [0.717, 1.165) is 48.3 Å². The number of benzene rings is 1. The van der Waals surface area contributed by atoms with E-state index in [9.17, 15) is 9.59 Å². The molecule has 212 valence electrons. The summed E-state index contributed by atoms with van der Waals surface area (Å²) in [5, 5.41) is 6.29. The first-order valence-corrected chi connectivity index (χ1v) is 15.2. The van der Waals surface area contributed by atoms with Crippen molar-refractivity contribution < 1.29 is 4.79 Å². The van der Waals surface area contributed by atoms with Crippen molar-refractivity contribution in [1.29, 1.82) is 0 Å². The maximum absolute atomic E-state index is 14.6. The van der Waals surface area contributed by atoms with Crippen LogP contribution in [0.5, 0.6) is 0 Å². The molecule has 3 aromatic heterocycles. The van der Waals surface area contributed by atoms with Gasteiger partial charge in [0.25, 0.3) is 11.5 Å². The second-order valence-electron chi connectivity index (χ2n) is 10.3. The van der Waals surface area contributed by atoms with Crippen molar-refractivity contribution in [3.05, 3.63) is 91.3 Å². The van der Waals surface area contributed by atoms with Crippen LogP contribution in [0, 0.1) is 0 Å². The lowest BCUT2D eigenvalue weighted by Gasteiger charge is -2.29. The van der Waals surface area contributed by atoms with Crippen LogP contribution < -0.4 is 10.9 Å². The zero-order chi connectivity index (χ0) is 29.1. The summed E-state index contributed by atoms with van der Waals surface area (Å²) < 4.78 is 1.76. The summed E-state index contributed by atoms with van der Waals surface area (Å²) in [5.41, 5.74) is 6.57. The molecule has 41 heavy (non-hydrogen) atoms. The van der Waals surface area contributed by atoms with Gasteiger partial charge in [0.15, 0.2) is 0 Å². The van der Waals surface area contributed by atoms with Gasteiger partial charge in [0.1, 0.15) is 10.7 Å². The number of piperazine rings is 1. The van der Waals surface area contributed by atoms with Crippen LogP contribution in [-0.4, -0.2) is 51.5 Å². The van der Waals surface area contributed by atoms with Crippen LogP contribution >= 0.6 is 22.9 Å². The second kappa shape index (κ2) is 12.5. The number of hydrogen-bond donors (Lipinski definition) is 1. The number of halogens is 1. The summed E-state index contributed by atoms with van der Waals surface area (Å²) in [4.78, 5) is 39.8. The van der Waals surface area contributed by atoms with E-state index in [1.807, 2.05) is 42.3 Å². The number of para-hydroxylation sites is 1. The highest BCUT2D eigenvalue weighted by Gasteiger charge is 2.27. The number of allylic oxidation sites excluding steroid dienone is 1. The number of carbonyl (C=O) groups is 1. The Balaban J connectivity index is 1.82. The van der Waals surface area contributed by atoms with Crippen LogP contribution in [0.4, 0.5) is 0 Å². The largest absolute Gasteiger partial charge is 0.336 e. The third kappa shape index (κ3) is 5.91. The van der Waals surface area contributed by atoms with Crippen LogP contribution in [0.25, 0.3) is 33.7 Å². The number of thiazole rings is 1. The van der Waals surface area contributed by atoms with Gasteiger partial charge in [-0.3, -0.25) is 19.1 Å². The summed E-state index contributed by atoms with van der Waals surface area (Å²) in [5.74, 6) is -0.0859. The highest BCUT2D eigenvalue weighted by atomic mass is 35.5. The van der Waals surface area contributed by atoms with Crippen LogP contribution in [0.2, 0.25) is 5.02 Å². The molecule has 4 heterocycles. The van der Waals surface area contributed by atoms with Crippen LogP contribution in [0.3, 0.4) is 0 Å². The summed E-state index contributed by atoms with van der Waals surface area (Å²) >= 11 is 7.41. The summed E-state index contributed by atoms with van der Waals surface area (Å²) in [6.45, 7) is 10.8. The number of aromatic nitrogens is 3. The Hall–Kier alpha value is -3.59. The lowest BCUT2D eigenvalue weighted by Crippen LogP contribution is -2.47. The Bertz CT molecular complexity index is 1640. The molecule has 9 heteroatoms. The van der Waals surface area contributed by atoms with Gasteiger partial charge in [-0.05, 0) is 62.1 Å². The van der Waals surface area contributed by atoms with Gasteiger partial charge in [-0.1, -0.05) is 49.2 Å². The highest BCUT2D eigenvalue weighted by Crippen LogP contribution is 2.31. The molecule has 0 radical (unpaired) electrons. The van der Waals surface area contributed by atoms with Crippen molar-refractivity contribution in [3.63, 3.8) is 0 Å². The molecule has 7 nitrogen and oxygen atoms in total. The normalized spacial score (nSPS) is 13.3. The molecule has 0 aliphatic carbocycles. The first-order valence-electron chi connectivity index (χ1n) is 14.0. The predicted octanol–water partition coefficient (Wildman–Crippen LogP) is 6.27. The average molecular weight is 588 g/mol. The third-order valence-corrected chi connectivity index (χ3v) is 8.31. The molecule has 1 fully saturated rings. The number of pyridine rings is 2. The van der Waals surface area contributed by atoms with Crippen molar-refractivity contribution in [2.45, 2.75) is 40.5 Å². The van der Waals surface area contributed by atoms with Crippen molar-refractivity contribution in [3.8, 4) is 27.6 Å². The zero-order valence-electron chi connectivity index (χ0n) is 23.8. The molecular weight excluding hydrogens is 554 g/mol. The summed E-state index contributed by atoms with van der Waals surface area (Å²) in [7, 11) is 0. The highest BCUT2D eigenvalue weighted by molar-refractivity contribution is 7.13. The van der Waals surface area contributed by atoms with E-state index < -0.39 is 0 Å². The fourth-order valence-corrected chi connectivity index (χ4v) is 6.11. The van der Waals surface area contributed by atoms with E-state index in [4.69, 9.17) is 16.6 Å². The minimum atomic E-state index is -0.199. The molecule has 4 aromatic rings. The van der Waals surface area contributed by atoms with E-state index in [1.54, 1.807) is 22.9 Å². The minimum Gasteiger partial charge on any atom is -0.336 e. The van der Waals surface area contributed by atoms with Gasteiger partial charge in [-0.15, -0.1) is 11.3 Å². The van der Waals surface area contributed by atoms with Gasteiger partial charge in [0.05, 0.1) is 33.2 Å². The molecular formula is C32H34ClN5O2S. The Morgan fingerprint density at radius 2 is 1.78 bits per heavy atom. The quantitative estimate of drug-likeness (QED) is 0.276. The van der Waals surface area contributed by atoms with Crippen LogP contribution in [0.15, 0.2) is 58.3 Å². The maximum Gasteiger partial charge on any atom is 0.265 e. The monoisotopic (exact) mass is 587 g/mol. The molecule has 1 N–H and O–H groups in total. The number of nitrogens with one attached hydrogen (secondary N) is 1. The fraction of sp³-hybridized carbons (Fsp3) is 0.312. The molecule has 0 atom stereocenters. The molecule has 1 aromatic carbocycles. The van der Waals surface area contributed by atoms with Crippen LogP contribution in [0.1, 0.15) is 54.9 Å². The average Bonchev–Trinajstić information content (AvgIpc) is 3.47. The first kappa shape index (κ1) is 28.9. The van der Waals surface area contributed by atoms with E-state index in [1.165, 1.54) is 11.3 Å². The number of rotatable bonds is 7. The molecule has 0 unspecified atom stereocenters. The molecule has 1 aliphatic heterocycles. The predicted molar refractivity (Wildman–Crippen MR) is 168 cm³/mol. The molecule has 1 saturated heterocycles. The lowest BCUT2D eigenvalue weighted by atomic mass is 9.99. The number of hydrogen-bond acceptors (Lipinski definition) is 6. The van der Waals surface area contributed by atoms with E-state index in [-0.39, 0.29) is 11.5 Å². The van der Waals surface area contributed by atoms with E-state index in [2.05, 4.69) is 36.3 Å². The number of aryl methyl sites for hydroxylation is 2. The number of nitrogens with zero attached hydrogens (tertiary/aromatic N) is 4. The molecule has 1 aliphatic rings. The van der Waals surface area contributed by atoms with Crippen molar-refractivity contribution in [2.24, 2.45) is 0 Å². The van der Waals surface area contributed by atoms with Gasteiger partial charge >= 0.3 is 0 Å². The standard InChI is InChI=1S/C32H34ClN5O2S/c1-5-21-8-7-9-22(6-2)29(21)38-28(16-20(3)4)24(31(39)37-14-12-34-13-15-37)17-25(32(38)40)30-36-27(19-41-30)26-11-10-23(33)18-35-26/h7-11,16-19,34H,5-6,12-15H2,1-4H3. The van der Waals surface area contributed by atoms with Gasteiger partial charge in [0.2, 0.25) is 0 Å². The van der Waals surface area contributed by atoms with Crippen LogP contribution in [-0.2, 0) is 12.8 Å². The number of carbonyl (C=O) groups excluding carboxylic acids is 1. The van der Waals surface area contributed by atoms with Crippen molar-refractivity contribution >= 4 is 34.9 Å². The second-order valence-corrected chi connectivity index (χ2v) is 11.6. The zero-order valence-corrected chi connectivity index (χ0v) is 25.4. The third-order valence-electron chi connectivity index (χ3n) is 7.21. The maximum atomic E-state index is 14.6. The summed E-state index contributed by atoms with van der Waals surface area (Å²) in [6, 6.07) is 11.5. The first-order chi connectivity index (χ1) is 19.8. The molecule has 0 bridgehead atoms. The van der Waals surface area contributed by atoms with Crippen molar-refractivity contribution in [2.75, 3.05) is 26.2 Å². The Labute approximate surface area is 249 Å². The smallest absolute Gasteiger partial charge is 0.265 e. The van der Waals surface area contributed by atoms with Gasteiger partial charge in [-0.2, -0.15) is 0 Å². The minimum absolute atomic E-state index is 0.0859. The van der Waals surface area contributed by atoms with E-state index >= 15 is 0 Å². The Kier molecular flexibility index (Phi) is 8.82.